The maximum atomic E-state index is 12.5. The standard InChI is InChI=1S/C20H22O2/c1-20(2,3)15-22-19(21)18(17-12-8-5-9-13-17)14-16-10-6-4-7-11-16/h4-14H,15H2,1-3H3. The maximum Gasteiger partial charge on any atom is 0.338 e. The molecular formula is C20H22O2. The van der Waals surface area contributed by atoms with Crippen molar-refractivity contribution in [2.45, 2.75) is 20.8 Å². The highest BCUT2D eigenvalue weighted by Crippen LogP contribution is 2.21. The van der Waals surface area contributed by atoms with Crippen molar-refractivity contribution in [3.63, 3.8) is 0 Å². The van der Waals surface area contributed by atoms with Crippen LogP contribution in [0.4, 0.5) is 0 Å². The molecule has 0 heterocycles. The van der Waals surface area contributed by atoms with Crippen LogP contribution in [0.5, 0.6) is 0 Å². The fourth-order valence-corrected chi connectivity index (χ4v) is 1.95. The number of benzene rings is 2. The van der Waals surface area contributed by atoms with E-state index in [9.17, 15) is 4.79 Å². The minimum absolute atomic E-state index is 0.0514. The molecule has 2 heteroatoms. The molecule has 2 aromatic carbocycles. The number of hydrogen-bond acceptors (Lipinski definition) is 2. The van der Waals surface area contributed by atoms with Crippen LogP contribution in [0.3, 0.4) is 0 Å². The van der Waals surface area contributed by atoms with Crippen molar-refractivity contribution in [2.75, 3.05) is 6.61 Å². The third-order valence-electron chi connectivity index (χ3n) is 3.05. The molecule has 0 N–H and O–H groups in total. The van der Waals surface area contributed by atoms with Gasteiger partial charge in [0.25, 0.3) is 0 Å². The molecule has 0 spiro atoms. The van der Waals surface area contributed by atoms with E-state index in [-0.39, 0.29) is 11.4 Å². The van der Waals surface area contributed by atoms with Crippen molar-refractivity contribution in [3.8, 4) is 0 Å². The molecule has 2 rings (SSSR count). The topological polar surface area (TPSA) is 26.3 Å². The van der Waals surface area contributed by atoms with Crippen LogP contribution in [-0.2, 0) is 9.53 Å². The molecule has 0 aliphatic rings. The molecule has 0 aliphatic heterocycles. The molecule has 0 atom stereocenters. The smallest absolute Gasteiger partial charge is 0.338 e. The van der Waals surface area contributed by atoms with Gasteiger partial charge in [-0.3, -0.25) is 0 Å². The predicted molar refractivity (Wildman–Crippen MR) is 91.2 cm³/mol. The molecule has 2 nitrogen and oxygen atoms in total. The first-order valence-corrected chi connectivity index (χ1v) is 7.45. The zero-order valence-corrected chi connectivity index (χ0v) is 13.4. The van der Waals surface area contributed by atoms with E-state index >= 15 is 0 Å². The summed E-state index contributed by atoms with van der Waals surface area (Å²) in [6.45, 7) is 6.53. The van der Waals surface area contributed by atoms with E-state index in [0.29, 0.717) is 12.2 Å². The van der Waals surface area contributed by atoms with Crippen molar-refractivity contribution >= 4 is 17.6 Å². The summed E-state index contributed by atoms with van der Waals surface area (Å²) < 4.78 is 5.49. The Kier molecular flexibility index (Phi) is 5.16. The van der Waals surface area contributed by atoms with Crippen LogP contribution < -0.4 is 0 Å². The third kappa shape index (κ3) is 4.88. The molecule has 0 bridgehead atoms. The molecule has 2 aromatic rings. The van der Waals surface area contributed by atoms with Crippen molar-refractivity contribution in [1.82, 2.24) is 0 Å². The highest BCUT2D eigenvalue weighted by molar-refractivity contribution is 6.21. The largest absolute Gasteiger partial charge is 0.462 e. The number of carbonyl (C=O) groups excluding carboxylic acids is 1. The number of hydrogen-bond donors (Lipinski definition) is 0. The van der Waals surface area contributed by atoms with Crippen LogP contribution >= 0.6 is 0 Å². The summed E-state index contributed by atoms with van der Waals surface area (Å²) in [7, 11) is 0. The molecule has 0 saturated carbocycles. The highest BCUT2D eigenvalue weighted by atomic mass is 16.5. The number of esters is 1. The van der Waals surface area contributed by atoms with Gasteiger partial charge in [0.2, 0.25) is 0 Å². The fraction of sp³-hybridized carbons (Fsp3) is 0.250. The summed E-state index contributed by atoms with van der Waals surface area (Å²) in [5, 5.41) is 0. The molecule has 0 amide bonds. The van der Waals surface area contributed by atoms with Crippen molar-refractivity contribution < 1.29 is 9.53 Å². The van der Waals surface area contributed by atoms with Gasteiger partial charge in [0.15, 0.2) is 0 Å². The first-order chi connectivity index (χ1) is 10.5. The van der Waals surface area contributed by atoms with E-state index < -0.39 is 0 Å². The van der Waals surface area contributed by atoms with Gasteiger partial charge < -0.3 is 4.74 Å². The highest BCUT2D eigenvalue weighted by Gasteiger charge is 2.18. The molecule has 0 unspecified atom stereocenters. The van der Waals surface area contributed by atoms with Gasteiger partial charge in [-0.1, -0.05) is 81.4 Å². The second-order valence-corrected chi connectivity index (χ2v) is 6.47. The summed E-state index contributed by atoms with van der Waals surface area (Å²) in [6, 6.07) is 19.4. The molecule has 0 radical (unpaired) electrons. The molecule has 22 heavy (non-hydrogen) atoms. The number of rotatable bonds is 4. The SMILES string of the molecule is CC(C)(C)COC(=O)C(=Cc1ccccc1)c1ccccc1. The minimum Gasteiger partial charge on any atom is -0.462 e. The Hall–Kier alpha value is -2.35. The van der Waals surface area contributed by atoms with Crippen molar-refractivity contribution in [1.29, 1.82) is 0 Å². The quantitative estimate of drug-likeness (QED) is 0.459. The zero-order valence-electron chi connectivity index (χ0n) is 13.4. The first-order valence-electron chi connectivity index (χ1n) is 7.45. The van der Waals surface area contributed by atoms with Crippen LogP contribution in [0.2, 0.25) is 0 Å². The molecular weight excluding hydrogens is 272 g/mol. The Bertz CT molecular complexity index is 634. The van der Waals surface area contributed by atoms with Crippen LogP contribution in [0.15, 0.2) is 60.7 Å². The van der Waals surface area contributed by atoms with Crippen LogP contribution in [0.25, 0.3) is 11.6 Å². The van der Waals surface area contributed by atoms with E-state index in [0.717, 1.165) is 11.1 Å². The van der Waals surface area contributed by atoms with Gasteiger partial charge in [0, 0.05) is 0 Å². The van der Waals surface area contributed by atoms with E-state index in [1.165, 1.54) is 0 Å². The molecule has 0 aromatic heterocycles. The fourth-order valence-electron chi connectivity index (χ4n) is 1.95. The van der Waals surface area contributed by atoms with E-state index in [1.807, 2.05) is 87.5 Å². The Balaban J connectivity index is 2.30. The van der Waals surface area contributed by atoms with Gasteiger partial charge in [-0.05, 0) is 22.6 Å². The number of carbonyl (C=O) groups is 1. The molecule has 0 fully saturated rings. The average molecular weight is 294 g/mol. The second kappa shape index (κ2) is 7.08. The maximum absolute atomic E-state index is 12.5. The van der Waals surface area contributed by atoms with Crippen LogP contribution in [0, 0.1) is 5.41 Å². The number of ether oxygens (including phenoxy) is 1. The first kappa shape index (κ1) is 16.0. The van der Waals surface area contributed by atoms with E-state index in [1.54, 1.807) is 0 Å². The Morgan fingerprint density at radius 1 is 0.955 bits per heavy atom. The van der Waals surface area contributed by atoms with Crippen molar-refractivity contribution in [3.05, 3.63) is 71.8 Å². The molecule has 114 valence electrons. The molecule has 0 aliphatic carbocycles. The second-order valence-electron chi connectivity index (χ2n) is 6.47. The summed E-state index contributed by atoms with van der Waals surface area (Å²) >= 11 is 0. The lowest BCUT2D eigenvalue weighted by molar-refractivity contribution is -0.139. The summed E-state index contributed by atoms with van der Waals surface area (Å²) in [4.78, 5) is 12.5. The molecule has 0 saturated heterocycles. The van der Waals surface area contributed by atoms with Gasteiger partial charge in [0.1, 0.15) is 0 Å². The predicted octanol–water partition coefficient (Wildman–Crippen LogP) is 4.82. The van der Waals surface area contributed by atoms with E-state index in [4.69, 9.17) is 4.74 Å². The van der Waals surface area contributed by atoms with E-state index in [2.05, 4.69) is 0 Å². The normalized spacial score (nSPS) is 12.0. The van der Waals surface area contributed by atoms with Gasteiger partial charge in [0.05, 0.1) is 12.2 Å². The Morgan fingerprint density at radius 3 is 2.05 bits per heavy atom. The lowest BCUT2D eigenvalue weighted by Crippen LogP contribution is -2.19. The summed E-state index contributed by atoms with van der Waals surface area (Å²) in [6.07, 6.45) is 1.88. The van der Waals surface area contributed by atoms with Gasteiger partial charge >= 0.3 is 5.97 Å². The summed E-state index contributed by atoms with van der Waals surface area (Å²) in [5.74, 6) is -0.287. The Morgan fingerprint density at radius 2 is 1.50 bits per heavy atom. The van der Waals surface area contributed by atoms with Gasteiger partial charge in [-0.2, -0.15) is 0 Å². The zero-order chi connectivity index (χ0) is 16.0. The average Bonchev–Trinajstić information content (AvgIpc) is 2.51. The van der Waals surface area contributed by atoms with Crippen molar-refractivity contribution in [2.24, 2.45) is 5.41 Å². The minimum atomic E-state index is -0.287. The monoisotopic (exact) mass is 294 g/mol. The van der Waals surface area contributed by atoms with Gasteiger partial charge in [-0.25, -0.2) is 4.79 Å². The van der Waals surface area contributed by atoms with Crippen LogP contribution in [-0.4, -0.2) is 12.6 Å². The Labute approximate surface area is 132 Å². The summed E-state index contributed by atoms with van der Waals surface area (Å²) in [5.41, 5.74) is 2.37. The van der Waals surface area contributed by atoms with Crippen LogP contribution in [0.1, 0.15) is 31.9 Å². The lowest BCUT2D eigenvalue weighted by Gasteiger charge is -2.18. The third-order valence-corrected chi connectivity index (χ3v) is 3.05. The lowest BCUT2D eigenvalue weighted by atomic mass is 9.98. The van der Waals surface area contributed by atoms with Gasteiger partial charge in [-0.15, -0.1) is 0 Å².